The molecule has 0 aliphatic rings. The van der Waals surface area contributed by atoms with Gasteiger partial charge in [0.2, 0.25) is 0 Å². The highest BCUT2D eigenvalue weighted by molar-refractivity contribution is 5.89. The van der Waals surface area contributed by atoms with E-state index in [1.807, 2.05) is 0 Å². The van der Waals surface area contributed by atoms with Gasteiger partial charge in [0.25, 0.3) is 5.69 Å². The number of pyridine rings is 2. The molecule has 2 heterocycles. The number of carbonyl (C=O) groups excluding carboxylic acids is 1. The Morgan fingerprint density at radius 3 is 2.68 bits per heavy atom. The zero-order valence-electron chi connectivity index (χ0n) is 11.6. The monoisotopic (exact) mass is 302 g/mol. The van der Waals surface area contributed by atoms with Gasteiger partial charge in [0.1, 0.15) is 12.0 Å². The van der Waals surface area contributed by atoms with Crippen molar-refractivity contribution in [1.82, 2.24) is 9.97 Å². The maximum Gasteiger partial charge on any atom is 0.338 e. The van der Waals surface area contributed by atoms with Gasteiger partial charge in [0.15, 0.2) is 0 Å². The molecule has 0 spiro atoms. The third kappa shape index (κ3) is 4.51. The van der Waals surface area contributed by atoms with Crippen LogP contribution in [0.4, 0.5) is 11.5 Å². The highest BCUT2D eigenvalue weighted by atomic mass is 16.6. The van der Waals surface area contributed by atoms with Crippen LogP contribution in [0, 0.1) is 10.1 Å². The van der Waals surface area contributed by atoms with Crippen molar-refractivity contribution in [3.63, 3.8) is 0 Å². The average molecular weight is 302 g/mol. The molecule has 0 unspecified atom stereocenters. The first-order chi connectivity index (χ1) is 10.7. The number of carbonyl (C=O) groups is 1. The third-order valence-corrected chi connectivity index (χ3v) is 2.74. The molecule has 1 N–H and O–H groups in total. The van der Waals surface area contributed by atoms with E-state index in [0.717, 1.165) is 0 Å². The van der Waals surface area contributed by atoms with Gasteiger partial charge in [-0.2, -0.15) is 0 Å². The second-order valence-electron chi connectivity index (χ2n) is 4.31. The summed E-state index contributed by atoms with van der Waals surface area (Å²) in [6.45, 7) is 0.801. The van der Waals surface area contributed by atoms with Gasteiger partial charge in [0, 0.05) is 25.0 Å². The largest absolute Gasteiger partial charge is 0.462 e. The molecule has 0 saturated heterocycles. The molecule has 2 rings (SSSR count). The highest BCUT2D eigenvalue weighted by Gasteiger charge is 2.06. The molecule has 2 aromatic rings. The number of esters is 1. The summed E-state index contributed by atoms with van der Waals surface area (Å²) in [5.41, 5.74) is 0.400. The fourth-order valence-corrected chi connectivity index (χ4v) is 1.62. The molecule has 0 bridgehead atoms. The van der Waals surface area contributed by atoms with Crippen molar-refractivity contribution in [2.75, 3.05) is 18.5 Å². The first kappa shape index (κ1) is 15.4. The maximum atomic E-state index is 11.6. The van der Waals surface area contributed by atoms with Gasteiger partial charge in [0.05, 0.1) is 17.1 Å². The van der Waals surface area contributed by atoms with Crippen LogP contribution in [0.1, 0.15) is 16.8 Å². The van der Waals surface area contributed by atoms with E-state index < -0.39 is 10.9 Å². The van der Waals surface area contributed by atoms with E-state index in [-0.39, 0.29) is 12.3 Å². The summed E-state index contributed by atoms with van der Waals surface area (Å²) in [5, 5.41) is 13.5. The van der Waals surface area contributed by atoms with E-state index in [4.69, 9.17) is 4.74 Å². The smallest absolute Gasteiger partial charge is 0.338 e. The molecule has 0 amide bonds. The predicted molar refractivity (Wildman–Crippen MR) is 78.5 cm³/mol. The van der Waals surface area contributed by atoms with Crippen molar-refractivity contribution in [1.29, 1.82) is 0 Å². The molecule has 2 aromatic heterocycles. The van der Waals surface area contributed by atoms with Crippen LogP contribution in [0.2, 0.25) is 0 Å². The van der Waals surface area contributed by atoms with Gasteiger partial charge in [-0.15, -0.1) is 0 Å². The Morgan fingerprint density at radius 2 is 2.05 bits per heavy atom. The second-order valence-corrected chi connectivity index (χ2v) is 4.31. The lowest BCUT2D eigenvalue weighted by molar-refractivity contribution is -0.385. The number of hydrogen-bond donors (Lipinski definition) is 1. The van der Waals surface area contributed by atoms with Crippen LogP contribution < -0.4 is 5.32 Å². The standard InChI is InChI=1S/C14H14N4O4/c19-14(11-4-7-15-8-5-11)22-9-1-6-16-13-3-2-12(10-17-13)18(20)21/h2-5,7-8,10H,1,6,9H2,(H,16,17). The Morgan fingerprint density at radius 1 is 1.27 bits per heavy atom. The third-order valence-electron chi connectivity index (χ3n) is 2.74. The lowest BCUT2D eigenvalue weighted by atomic mass is 10.3. The van der Waals surface area contributed by atoms with Gasteiger partial charge < -0.3 is 10.1 Å². The number of aromatic nitrogens is 2. The summed E-state index contributed by atoms with van der Waals surface area (Å²) < 4.78 is 5.10. The van der Waals surface area contributed by atoms with E-state index in [9.17, 15) is 14.9 Å². The lowest BCUT2D eigenvalue weighted by Gasteiger charge is -2.06. The van der Waals surface area contributed by atoms with Gasteiger partial charge in [-0.3, -0.25) is 15.1 Å². The molecule has 0 radical (unpaired) electrons. The van der Waals surface area contributed by atoms with Gasteiger partial charge >= 0.3 is 5.97 Å². The first-order valence-electron chi connectivity index (χ1n) is 6.58. The number of rotatable bonds is 7. The molecular formula is C14H14N4O4. The molecule has 0 aliphatic heterocycles. The van der Waals surface area contributed by atoms with Crippen molar-refractivity contribution in [2.24, 2.45) is 0 Å². The summed E-state index contributed by atoms with van der Waals surface area (Å²) in [6.07, 6.45) is 4.83. The Labute approximate surface area is 126 Å². The Hall–Kier alpha value is -3.03. The molecule has 8 nitrogen and oxygen atoms in total. The van der Waals surface area contributed by atoms with Crippen LogP contribution in [-0.2, 0) is 4.74 Å². The minimum atomic E-state index is -0.505. The van der Waals surface area contributed by atoms with Gasteiger partial charge in [-0.25, -0.2) is 9.78 Å². The molecule has 0 atom stereocenters. The minimum absolute atomic E-state index is 0.0585. The predicted octanol–water partition coefficient (Wildman–Crippen LogP) is 2.04. The van der Waals surface area contributed by atoms with Gasteiger partial charge in [-0.1, -0.05) is 0 Å². The summed E-state index contributed by atoms with van der Waals surface area (Å²) in [5.74, 6) is 0.141. The van der Waals surface area contributed by atoms with Crippen LogP contribution in [0.5, 0.6) is 0 Å². The van der Waals surface area contributed by atoms with Crippen LogP contribution in [0.15, 0.2) is 42.9 Å². The number of hydrogen-bond acceptors (Lipinski definition) is 7. The Kier molecular flexibility index (Phi) is 5.36. The van der Waals surface area contributed by atoms with E-state index >= 15 is 0 Å². The molecule has 114 valence electrons. The van der Waals surface area contributed by atoms with Crippen molar-refractivity contribution >= 4 is 17.5 Å². The Bertz CT molecular complexity index is 631. The summed E-state index contributed by atoms with van der Waals surface area (Å²) >= 11 is 0. The number of nitrogens with one attached hydrogen (secondary N) is 1. The molecule has 0 fully saturated rings. The van der Waals surface area contributed by atoms with E-state index in [1.165, 1.54) is 30.7 Å². The van der Waals surface area contributed by atoms with E-state index in [1.54, 1.807) is 12.1 Å². The van der Waals surface area contributed by atoms with E-state index in [2.05, 4.69) is 15.3 Å². The number of ether oxygens (including phenoxy) is 1. The van der Waals surface area contributed by atoms with Crippen molar-refractivity contribution in [3.05, 3.63) is 58.5 Å². The molecular weight excluding hydrogens is 288 g/mol. The van der Waals surface area contributed by atoms with Crippen molar-refractivity contribution < 1.29 is 14.5 Å². The molecule has 0 aromatic carbocycles. The topological polar surface area (TPSA) is 107 Å². The van der Waals surface area contributed by atoms with E-state index in [0.29, 0.717) is 24.3 Å². The zero-order chi connectivity index (χ0) is 15.8. The van der Waals surface area contributed by atoms with Crippen LogP contribution in [-0.4, -0.2) is 34.0 Å². The molecule has 0 saturated carbocycles. The van der Waals surface area contributed by atoms with Gasteiger partial charge in [-0.05, 0) is 24.6 Å². The summed E-state index contributed by atoms with van der Waals surface area (Å²) in [6, 6.07) is 6.07. The number of anilines is 1. The summed E-state index contributed by atoms with van der Waals surface area (Å²) in [7, 11) is 0. The average Bonchev–Trinajstić information content (AvgIpc) is 2.55. The van der Waals surface area contributed by atoms with Crippen LogP contribution in [0.25, 0.3) is 0 Å². The van der Waals surface area contributed by atoms with Crippen LogP contribution >= 0.6 is 0 Å². The molecule has 0 aliphatic carbocycles. The maximum absolute atomic E-state index is 11.6. The fraction of sp³-hybridized carbons (Fsp3) is 0.214. The molecule has 8 heteroatoms. The lowest BCUT2D eigenvalue weighted by Crippen LogP contribution is -2.11. The quantitative estimate of drug-likeness (QED) is 0.361. The van der Waals surface area contributed by atoms with Crippen LogP contribution in [0.3, 0.4) is 0 Å². The summed E-state index contributed by atoms with van der Waals surface area (Å²) in [4.78, 5) is 29.3. The molecule has 22 heavy (non-hydrogen) atoms. The number of nitrogens with zero attached hydrogens (tertiary/aromatic N) is 3. The fourth-order valence-electron chi connectivity index (χ4n) is 1.62. The highest BCUT2D eigenvalue weighted by Crippen LogP contribution is 2.11. The minimum Gasteiger partial charge on any atom is -0.462 e. The second kappa shape index (κ2) is 7.67. The normalized spacial score (nSPS) is 10.0. The van der Waals surface area contributed by atoms with Crippen molar-refractivity contribution in [3.8, 4) is 0 Å². The SMILES string of the molecule is O=C(OCCCNc1ccc([N+](=O)[O-])cn1)c1ccncc1. The Balaban J connectivity index is 1.67. The first-order valence-corrected chi connectivity index (χ1v) is 6.58. The zero-order valence-corrected chi connectivity index (χ0v) is 11.6. The van der Waals surface area contributed by atoms with Crippen molar-refractivity contribution in [2.45, 2.75) is 6.42 Å². The number of nitro groups is 1.